The number of hydrogen-bond donors (Lipinski definition) is 0. The minimum Gasteiger partial charge on any atom is -0.489 e. The zero-order valence-electron chi connectivity index (χ0n) is 7.72. The molecule has 2 rings (SSSR count). The second-order valence-electron chi connectivity index (χ2n) is 3.60. The van der Waals surface area contributed by atoms with Gasteiger partial charge < -0.3 is 4.74 Å². The van der Waals surface area contributed by atoms with E-state index in [2.05, 4.69) is 35.0 Å². The molecule has 0 amide bonds. The quantitative estimate of drug-likeness (QED) is 0.767. The first-order valence-electron chi connectivity index (χ1n) is 4.68. The van der Waals surface area contributed by atoms with E-state index in [1.54, 1.807) is 0 Å². The maximum absolute atomic E-state index is 5.79. The van der Waals surface area contributed by atoms with Gasteiger partial charge in [-0.2, -0.15) is 0 Å². The van der Waals surface area contributed by atoms with Crippen LogP contribution in [0.15, 0.2) is 22.7 Å². The normalized spacial score (nSPS) is 16.8. The van der Waals surface area contributed by atoms with E-state index in [1.165, 1.54) is 24.8 Å². The van der Waals surface area contributed by atoms with Gasteiger partial charge in [0.2, 0.25) is 0 Å². The molecule has 0 radical (unpaired) electrons. The lowest BCUT2D eigenvalue weighted by Crippen LogP contribution is -2.24. The van der Waals surface area contributed by atoms with Gasteiger partial charge in [0.1, 0.15) is 5.75 Å². The van der Waals surface area contributed by atoms with Gasteiger partial charge in [0.15, 0.2) is 0 Å². The Morgan fingerprint density at radius 2 is 2.15 bits per heavy atom. The molecule has 13 heavy (non-hydrogen) atoms. The van der Waals surface area contributed by atoms with Crippen molar-refractivity contribution in [2.75, 3.05) is 0 Å². The topological polar surface area (TPSA) is 9.23 Å². The van der Waals surface area contributed by atoms with E-state index in [1.807, 2.05) is 6.07 Å². The van der Waals surface area contributed by atoms with Crippen LogP contribution in [-0.2, 0) is 0 Å². The van der Waals surface area contributed by atoms with Crippen molar-refractivity contribution in [2.24, 2.45) is 0 Å². The molecule has 0 spiro atoms. The number of hydrogen-bond acceptors (Lipinski definition) is 1. The molecule has 0 heterocycles. The zero-order valence-corrected chi connectivity index (χ0v) is 9.30. The molecule has 1 aromatic rings. The summed E-state index contributed by atoms with van der Waals surface area (Å²) in [5.41, 5.74) is 1.26. The van der Waals surface area contributed by atoms with Crippen LogP contribution in [0.1, 0.15) is 24.8 Å². The molecule has 0 aromatic heterocycles. The van der Waals surface area contributed by atoms with Crippen LogP contribution in [0.2, 0.25) is 0 Å². The van der Waals surface area contributed by atoms with Crippen molar-refractivity contribution in [3.05, 3.63) is 28.2 Å². The van der Waals surface area contributed by atoms with Crippen LogP contribution in [0.5, 0.6) is 5.75 Å². The van der Waals surface area contributed by atoms with Crippen molar-refractivity contribution in [1.82, 2.24) is 0 Å². The van der Waals surface area contributed by atoms with Crippen molar-refractivity contribution in [3.8, 4) is 5.75 Å². The van der Waals surface area contributed by atoms with Crippen molar-refractivity contribution in [2.45, 2.75) is 32.3 Å². The van der Waals surface area contributed by atoms with E-state index in [9.17, 15) is 0 Å². The Labute approximate surface area is 87.2 Å². The molecule has 0 saturated heterocycles. The minimum absolute atomic E-state index is 0.457. The van der Waals surface area contributed by atoms with Crippen molar-refractivity contribution >= 4 is 15.9 Å². The van der Waals surface area contributed by atoms with E-state index >= 15 is 0 Å². The Hall–Kier alpha value is -0.500. The third-order valence-corrected chi connectivity index (χ3v) is 3.05. The molecule has 1 fully saturated rings. The molecule has 0 atom stereocenters. The fourth-order valence-electron chi connectivity index (χ4n) is 1.37. The summed E-state index contributed by atoms with van der Waals surface area (Å²) >= 11 is 3.50. The molecule has 0 bridgehead atoms. The van der Waals surface area contributed by atoms with Crippen molar-refractivity contribution < 1.29 is 4.74 Å². The van der Waals surface area contributed by atoms with E-state index in [4.69, 9.17) is 4.74 Å². The first kappa shape index (κ1) is 9.07. The Balaban J connectivity index is 2.10. The number of halogens is 1. The molecule has 70 valence electrons. The highest BCUT2D eigenvalue weighted by Crippen LogP contribution is 2.31. The van der Waals surface area contributed by atoms with Crippen LogP contribution in [0, 0.1) is 6.92 Å². The summed E-state index contributed by atoms with van der Waals surface area (Å²) in [7, 11) is 0. The third-order valence-electron chi connectivity index (χ3n) is 2.43. The molecule has 1 nitrogen and oxygen atoms in total. The molecule has 1 saturated carbocycles. The minimum atomic E-state index is 0.457. The molecule has 1 aliphatic carbocycles. The highest BCUT2D eigenvalue weighted by Gasteiger charge is 2.19. The number of ether oxygens (including phenoxy) is 1. The van der Waals surface area contributed by atoms with Crippen molar-refractivity contribution in [1.29, 1.82) is 0 Å². The number of aryl methyl sites for hydroxylation is 1. The van der Waals surface area contributed by atoms with Crippen molar-refractivity contribution in [3.63, 3.8) is 0 Å². The van der Waals surface area contributed by atoms with Gasteiger partial charge in [0.05, 0.1) is 10.6 Å². The highest BCUT2D eigenvalue weighted by molar-refractivity contribution is 9.10. The fourth-order valence-corrected chi connectivity index (χ4v) is 1.96. The molecule has 1 aliphatic rings. The first-order valence-corrected chi connectivity index (χ1v) is 5.48. The Bertz CT molecular complexity index is 305. The summed E-state index contributed by atoms with van der Waals surface area (Å²) in [6, 6.07) is 6.21. The van der Waals surface area contributed by atoms with Gasteiger partial charge in [0, 0.05) is 0 Å². The maximum Gasteiger partial charge on any atom is 0.133 e. The molecular formula is C11H13BrO. The average Bonchev–Trinajstić information content (AvgIpc) is 1.99. The van der Waals surface area contributed by atoms with Gasteiger partial charge >= 0.3 is 0 Å². The summed E-state index contributed by atoms with van der Waals surface area (Å²) in [5, 5.41) is 0. The molecule has 0 N–H and O–H groups in total. The van der Waals surface area contributed by atoms with Gasteiger partial charge in [-0.05, 0) is 59.8 Å². The standard InChI is InChI=1S/C11H13BrO/c1-8-5-6-11(10(12)7-8)13-9-3-2-4-9/h5-7,9H,2-4H2,1H3. The lowest BCUT2D eigenvalue weighted by atomic mass is 9.96. The monoisotopic (exact) mass is 240 g/mol. The second-order valence-corrected chi connectivity index (χ2v) is 4.46. The lowest BCUT2D eigenvalue weighted by Gasteiger charge is -2.26. The van der Waals surface area contributed by atoms with Gasteiger partial charge in [-0.15, -0.1) is 0 Å². The number of rotatable bonds is 2. The van der Waals surface area contributed by atoms with Gasteiger partial charge in [0.25, 0.3) is 0 Å². The first-order chi connectivity index (χ1) is 6.25. The largest absolute Gasteiger partial charge is 0.489 e. The summed E-state index contributed by atoms with van der Waals surface area (Å²) in [4.78, 5) is 0. The average molecular weight is 241 g/mol. The molecule has 0 aliphatic heterocycles. The smallest absolute Gasteiger partial charge is 0.133 e. The number of benzene rings is 1. The van der Waals surface area contributed by atoms with Crippen LogP contribution in [0.25, 0.3) is 0 Å². The molecular weight excluding hydrogens is 228 g/mol. The Morgan fingerprint density at radius 1 is 1.38 bits per heavy atom. The SMILES string of the molecule is Cc1ccc(OC2CCC2)c(Br)c1. The van der Waals surface area contributed by atoms with Crippen LogP contribution in [0.3, 0.4) is 0 Å². The summed E-state index contributed by atoms with van der Waals surface area (Å²) < 4.78 is 6.86. The summed E-state index contributed by atoms with van der Waals surface area (Å²) in [6.45, 7) is 2.08. The molecule has 0 unspecified atom stereocenters. The second kappa shape index (κ2) is 3.70. The van der Waals surface area contributed by atoms with Gasteiger partial charge in [-0.3, -0.25) is 0 Å². The molecule has 2 heteroatoms. The Kier molecular flexibility index (Phi) is 2.58. The van der Waals surface area contributed by atoms with Gasteiger partial charge in [-0.25, -0.2) is 0 Å². The maximum atomic E-state index is 5.79. The van der Waals surface area contributed by atoms with Crippen LogP contribution < -0.4 is 4.74 Å². The van der Waals surface area contributed by atoms with E-state index in [0.717, 1.165) is 10.2 Å². The predicted octanol–water partition coefficient (Wildman–Crippen LogP) is 3.69. The zero-order chi connectivity index (χ0) is 9.26. The molecule has 1 aromatic carbocycles. The van der Waals surface area contributed by atoms with Crippen LogP contribution in [0.4, 0.5) is 0 Å². The van der Waals surface area contributed by atoms with E-state index in [-0.39, 0.29) is 0 Å². The highest BCUT2D eigenvalue weighted by atomic mass is 79.9. The predicted molar refractivity (Wildman–Crippen MR) is 57.1 cm³/mol. The van der Waals surface area contributed by atoms with Crippen LogP contribution in [-0.4, -0.2) is 6.10 Å². The summed E-state index contributed by atoms with van der Waals surface area (Å²) in [6.07, 6.45) is 4.19. The van der Waals surface area contributed by atoms with E-state index < -0.39 is 0 Å². The van der Waals surface area contributed by atoms with Crippen LogP contribution >= 0.6 is 15.9 Å². The van der Waals surface area contributed by atoms with E-state index in [0.29, 0.717) is 6.10 Å². The fraction of sp³-hybridized carbons (Fsp3) is 0.455. The lowest BCUT2D eigenvalue weighted by molar-refractivity contribution is 0.119. The van der Waals surface area contributed by atoms with Gasteiger partial charge in [-0.1, -0.05) is 6.07 Å². The summed E-state index contributed by atoms with van der Waals surface area (Å²) in [5.74, 6) is 0.982. The Morgan fingerprint density at radius 3 is 2.69 bits per heavy atom. The third kappa shape index (κ3) is 2.05.